The molecule has 0 spiro atoms. The number of amides is 1. The number of ether oxygens (including phenoxy) is 1. The lowest BCUT2D eigenvalue weighted by atomic mass is 9.75. The van der Waals surface area contributed by atoms with Crippen molar-refractivity contribution in [3.63, 3.8) is 0 Å². The Morgan fingerprint density at radius 1 is 1.29 bits per heavy atom. The molecule has 1 amide bonds. The number of hydrogen-bond donors (Lipinski definition) is 1. The van der Waals surface area contributed by atoms with Crippen LogP contribution in [0.2, 0.25) is 0 Å². The van der Waals surface area contributed by atoms with Crippen molar-refractivity contribution in [1.29, 1.82) is 0 Å². The first kappa shape index (κ1) is 21.4. The van der Waals surface area contributed by atoms with Crippen LogP contribution in [0.4, 0.5) is 0 Å². The van der Waals surface area contributed by atoms with Crippen LogP contribution in [0.3, 0.4) is 0 Å². The van der Waals surface area contributed by atoms with E-state index in [0.29, 0.717) is 24.2 Å². The first-order valence-electron chi connectivity index (χ1n) is 9.75. The third kappa shape index (κ3) is 9.03. The molecule has 1 rings (SSSR count). The molecule has 0 aromatic carbocycles. The molecule has 1 aliphatic heterocycles. The van der Waals surface area contributed by atoms with Crippen molar-refractivity contribution in [3.8, 4) is 0 Å². The highest BCUT2D eigenvalue weighted by atomic mass is 16.5. The van der Waals surface area contributed by atoms with E-state index in [1.165, 1.54) is 6.42 Å². The van der Waals surface area contributed by atoms with Gasteiger partial charge in [0.15, 0.2) is 0 Å². The Balaban J connectivity index is 2.50. The van der Waals surface area contributed by atoms with Gasteiger partial charge in [0.25, 0.3) is 0 Å². The van der Waals surface area contributed by atoms with Crippen molar-refractivity contribution in [2.45, 2.75) is 71.8 Å². The van der Waals surface area contributed by atoms with Gasteiger partial charge in [-0.2, -0.15) is 0 Å². The normalized spacial score (nSPS) is 21.9. The molecule has 0 bridgehead atoms. The molecule has 0 radical (unpaired) electrons. The Kier molecular flexibility index (Phi) is 9.28. The first-order valence-corrected chi connectivity index (χ1v) is 9.75. The van der Waals surface area contributed by atoms with Crippen molar-refractivity contribution in [3.05, 3.63) is 0 Å². The molecule has 1 saturated heterocycles. The van der Waals surface area contributed by atoms with Gasteiger partial charge in [-0.15, -0.1) is 0 Å². The summed E-state index contributed by atoms with van der Waals surface area (Å²) in [7, 11) is 4.13. The predicted octanol–water partition coefficient (Wildman–Crippen LogP) is 3.70. The van der Waals surface area contributed by atoms with Crippen LogP contribution in [-0.2, 0) is 9.53 Å². The number of rotatable bonds is 10. The molecular weight excluding hydrogens is 300 g/mol. The summed E-state index contributed by atoms with van der Waals surface area (Å²) in [6, 6.07) is 0. The van der Waals surface area contributed by atoms with E-state index in [4.69, 9.17) is 4.74 Å². The third-order valence-corrected chi connectivity index (χ3v) is 5.07. The fraction of sp³-hybridized carbons (Fsp3) is 0.950. The fourth-order valence-electron chi connectivity index (χ4n) is 3.67. The second-order valence-corrected chi connectivity index (χ2v) is 8.80. The molecule has 1 N–H and O–H groups in total. The maximum atomic E-state index is 12.4. The lowest BCUT2D eigenvalue weighted by Crippen LogP contribution is -2.38. The van der Waals surface area contributed by atoms with E-state index in [0.717, 1.165) is 45.4 Å². The SMILES string of the molecule is CC(C)CC[C@H](CC(=O)NCCCN(C)C)[C@@H]1CCOC(C)(C)C1. The Morgan fingerprint density at radius 3 is 2.58 bits per heavy atom. The van der Waals surface area contributed by atoms with Crippen LogP contribution in [0.1, 0.15) is 66.2 Å². The molecule has 1 aliphatic rings. The highest BCUT2D eigenvalue weighted by molar-refractivity contribution is 5.76. The first-order chi connectivity index (χ1) is 11.2. The molecule has 4 nitrogen and oxygen atoms in total. The second kappa shape index (κ2) is 10.4. The van der Waals surface area contributed by atoms with Gasteiger partial charge < -0.3 is 15.0 Å². The molecule has 2 atom stereocenters. The monoisotopic (exact) mass is 340 g/mol. The van der Waals surface area contributed by atoms with E-state index < -0.39 is 0 Å². The molecule has 0 aromatic rings. The lowest BCUT2D eigenvalue weighted by Gasteiger charge is -2.39. The molecule has 0 aromatic heterocycles. The molecule has 1 fully saturated rings. The van der Waals surface area contributed by atoms with Crippen molar-refractivity contribution in [2.75, 3.05) is 33.8 Å². The van der Waals surface area contributed by atoms with Gasteiger partial charge in [-0.05, 0) is 77.9 Å². The number of carbonyl (C=O) groups excluding carboxylic acids is 1. The van der Waals surface area contributed by atoms with Gasteiger partial charge >= 0.3 is 0 Å². The highest BCUT2D eigenvalue weighted by Crippen LogP contribution is 2.37. The van der Waals surface area contributed by atoms with Crippen LogP contribution in [-0.4, -0.2) is 50.2 Å². The van der Waals surface area contributed by atoms with Crippen LogP contribution >= 0.6 is 0 Å². The molecule has 0 unspecified atom stereocenters. The minimum atomic E-state index is -0.0405. The minimum Gasteiger partial charge on any atom is -0.376 e. The number of nitrogens with one attached hydrogen (secondary N) is 1. The maximum absolute atomic E-state index is 12.4. The van der Waals surface area contributed by atoms with E-state index in [-0.39, 0.29) is 11.5 Å². The second-order valence-electron chi connectivity index (χ2n) is 8.80. The van der Waals surface area contributed by atoms with E-state index >= 15 is 0 Å². The highest BCUT2D eigenvalue weighted by Gasteiger charge is 2.34. The molecule has 24 heavy (non-hydrogen) atoms. The fourth-order valence-corrected chi connectivity index (χ4v) is 3.67. The van der Waals surface area contributed by atoms with Crippen LogP contribution < -0.4 is 5.32 Å². The van der Waals surface area contributed by atoms with Crippen LogP contribution in [0.15, 0.2) is 0 Å². The quantitative estimate of drug-likeness (QED) is 0.617. The van der Waals surface area contributed by atoms with Crippen LogP contribution in [0, 0.1) is 17.8 Å². The van der Waals surface area contributed by atoms with Gasteiger partial charge in [0.05, 0.1) is 5.60 Å². The molecular formula is C20H40N2O2. The van der Waals surface area contributed by atoms with E-state index in [1.807, 2.05) is 0 Å². The number of carbonyl (C=O) groups is 1. The Labute approximate surface area is 149 Å². The molecule has 142 valence electrons. The van der Waals surface area contributed by atoms with Crippen molar-refractivity contribution >= 4 is 5.91 Å². The maximum Gasteiger partial charge on any atom is 0.220 e. The van der Waals surface area contributed by atoms with Gasteiger partial charge in [0.1, 0.15) is 0 Å². The minimum absolute atomic E-state index is 0.0405. The number of nitrogens with zero attached hydrogens (tertiary/aromatic N) is 1. The summed E-state index contributed by atoms with van der Waals surface area (Å²) >= 11 is 0. The van der Waals surface area contributed by atoms with Gasteiger partial charge in [0.2, 0.25) is 5.91 Å². The van der Waals surface area contributed by atoms with Crippen molar-refractivity contribution in [1.82, 2.24) is 10.2 Å². The van der Waals surface area contributed by atoms with Crippen molar-refractivity contribution < 1.29 is 9.53 Å². The Morgan fingerprint density at radius 2 is 2.00 bits per heavy atom. The lowest BCUT2D eigenvalue weighted by molar-refractivity contribution is -0.124. The zero-order valence-corrected chi connectivity index (χ0v) is 16.9. The number of hydrogen-bond acceptors (Lipinski definition) is 3. The van der Waals surface area contributed by atoms with Crippen LogP contribution in [0.5, 0.6) is 0 Å². The predicted molar refractivity (Wildman–Crippen MR) is 101 cm³/mol. The zero-order chi connectivity index (χ0) is 18.2. The summed E-state index contributed by atoms with van der Waals surface area (Å²) in [6.45, 7) is 11.5. The van der Waals surface area contributed by atoms with Gasteiger partial charge in [-0.25, -0.2) is 0 Å². The van der Waals surface area contributed by atoms with E-state index in [2.05, 4.69) is 52.0 Å². The smallest absolute Gasteiger partial charge is 0.220 e. The van der Waals surface area contributed by atoms with Crippen molar-refractivity contribution in [2.24, 2.45) is 17.8 Å². The zero-order valence-electron chi connectivity index (χ0n) is 16.9. The molecule has 1 heterocycles. The Hall–Kier alpha value is -0.610. The summed E-state index contributed by atoms with van der Waals surface area (Å²) < 4.78 is 5.87. The summed E-state index contributed by atoms with van der Waals surface area (Å²) in [4.78, 5) is 14.5. The average molecular weight is 341 g/mol. The summed E-state index contributed by atoms with van der Waals surface area (Å²) in [6.07, 6.45) is 6.22. The average Bonchev–Trinajstić information content (AvgIpc) is 2.46. The Bertz CT molecular complexity index is 367. The molecule has 4 heteroatoms. The molecule has 0 saturated carbocycles. The summed E-state index contributed by atoms with van der Waals surface area (Å²) in [5.41, 5.74) is -0.0405. The van der Waals surface area contributed by atoms with E-state index in [1.54, 1.807) is 0 Å². The summed E-state index contributed by atoms with van der Waals surface area (Å²) in [5.74, 6) is 2.03. The third-order valence-electron chi connectivity index (χ3n) is 5.07. The van der Waals surface area contributed by atoms with Crippen LogP contribution in [0.25, 0.3) is 0 Å². The van der Waals surface area contributed by atoms with Gasteiger partial charge in [0, 0.05) is 19.6 Å². The standard InChI is InChI=1S/C20H40N2O2/c1-16(2)8-9-17(18-10-13-24-20(3,4)15-18)14-19(23)21-11-7-12-22(5)6/h16-18H,7-15H2,1-6H3,(H,21,23)/t17-,18-/m1/s1. The summed E-state index contributed by atoms with van der Waals surface area (Å²) in [5, 5.41) is 3.12. The largest absolute Gasteiger partial charge is 0.376 e. The van der Waals surface area contributed by atoms with E-state index in [9.17, 15) is 4.79 Å². The molecule has 0 aliphatic carbocycles. The van der Waals surface area contributed by atoms with Gasteiger partial charge in [-0.1, -0.05) is 20.3 Å². The van der Waals surface area contributed by atoms with Gasteiger partial charge in [-0.3, -0.25) is 4.79 Å². The topological polar surface area (TPSA) is 41.6 Å².